The van der Waals surface area contributed by atoms with Crippen LogP contribution in [0.2, 0.25) is 5.02 Å². The molecule has 0 aliphatic carbocycles. The highest BCUT2D eigenvalue weighted by Gasteiger charge is 2.20. The van der Waals surface area contributed by atoms with Crippen molar-refractivity contribution in [3.05, 3.63) is 28.8 Å². The van der Waals surface area contributed by atoms with Gasteiger partial charge in [0.15, 0.2) is 0 Å². The fourth-order valence-electron chi connectivity index (χ4n) is 1.31. The van der Waals surface area contributed by atoms with Crippen molar-refractivity contribution < 1.29 is 17.9 Å². The minimum Gasteiger partial charge on any atom is -0.465 e. The number of hydrogen-bond donors (Lipinski definition) is 1. The number of esters is 1. The molecule has 0 atom stereocenters. The third-order valence-electron chi connectivity index (χ3n) is 2.32. The number of rotatable bonds is 5. The van der Waals surface area contributed by atoms with E-state index < -0.39 is 16.0 Å². The van der Waals surface area contributed by atoms with Crippen molar-refractivity contribution in [1.29, 1.82) is 0 Å². The maximum Gasteiger partial charge on any atom is 0.337 e. The van der Waals surface area contributed by atoms with Crippen molar-refractivity contribution in [2.75, 3.05) is 13.7 Å². The van der Waals surface area contributed by atoms with E-state index in [1.807, 2.05) is 13.8 Å². The average Bonchev–Trinajstić information content (AvgIpc) is 2.36. The monoisotopic (exact) mass is 305 g/mol. The summed E-state index contributed by atoms with van der Waals surface area (Å²) in [4.78, 5) is 11.3. The van der Waals surface area contributed by atoms with Gasteiger partial charge in [-0.3, -0.25) is 0 Å². The number of carbonyl (C=O) groups excluding carboxylic acids is 1. The molecule has 0 fully saturated rings. The van der Waals surface area contributed by atoms with E-state index in [0.29, 0.717) is 6.54 Å². The smallest absolute Gasteiger partial charge is 0.337 e. The molecule has 106 valence electrons. The van der Waals surface area contributed by atoms with Gasteiger partial charge in [0.05, 0.1) is 17.7 Å². The van der Waals surface area contributed by atoms with Crippen LogP contribution in [-0.2, 0) is 14.8 Å². The lowest BCUT2D eigenvalue weighted by atomic mass is 10.2. The number of halogens is 1. The third-order valence-corrected chi connectivity index (χ3v) is 4.23. The number of benzene rings is 1. The third kappa shape index (κ3) is 4.19. The van der Waals surface area contributed by atoms with E-state index in [9.17, 15) is 13.2 Å². The molecule has 5 nitrogen and oxygen atoms in total. The molecule has 0 saturated carbocycles. The highest BCUT2D eigenvalue weighted by Crippen LogP contribution is 2.23. The molecule has 0 heterocycles. The van der Waals surface area contributed by atoms with Crippen LogP contribution in [0.4, 0.5) is 0 Å². The molecule has 0 spiro atoms. The first kappa shape index (κ1) is 15.9. The summed E-state index contributed by atoms with van der Waals surface area (Å²) in [6.07, 6.45) is 0. The van der Waals surface area contributed by atoms with E-state index in [1.54, 1.807) is 0 Å². The normalized spacial score (nSPS) is 11.6. The molecule has 0 saturated heterocycles. The second-order valence-corrected chi connectivity index (χ2v) is 6.53. The molecule has 0 aliphatic heterocycles. The first-order valence-electron chi connectivity index (χ1n) is 5.65. The van der Waals surface area contributed by atoms with Crippen molar-refractivity contribution in [3.63, 3.8) is 0 Å². The number of methoxy groups -OCH3 is 1. The van der Waals surface area contributed by atoms with Crippen molar-refractivity contribution in [2.45, 2.75) is 18.7 Å². The molecule has 1 rings (SSSR count). The highest BCUT2D eigenvalue weighted by molar-refractivity contribution is 7.89. The Hall–Kier alpha value is -1.11. The Balaban J connectivity index is 3.15. The SMILES string of the molecule is COC(=O)c1ccc(Cl)c(S(=O)(=O)NCC(C)C)c1. The van der Waals surface area contributed by atoms with E-state index in [4.69, 9.17) is 11.6 Å². The lowest BCUT2D eigenvalue weighted by Gasteiger charge is -2.11. The summed E-state index contributed by atoms with van der Waals surface area (Å²) in [6.45, 7) is 4.06. The van der Waals surface area contributed by atoms with Crippen LogP contribution in [-0.4, -0.2) is 28.0 Å². The topological polar surface area (TPSA) is 72.5 Å². The van der Waals surface area contributed by atoms with Crippen molar-refractivity contribution in [2.24, 2.45) is 5.92 Å². The summed E-state index contributed by atoms with van der Waals surface area (Å²) in [5.41, 5.74) is 0.136. The predicted molar refractivity (Wildman–Crippen MR) is 72.8 cm³/mol. The number of carbonyl (C=O) groups is 1. The number of ether oxygens (including phenoxy) is 1. The van der Waals surface area contributed by atoms with Crippen LogP contribution in [0.5, 0.6) is 0 Å². The van der Waals surface area contributed by atoms with Gasteiger partial charge in [-0.15, -0.1) is 0 Å². The minimum absolute atomic E-state index is 0.0592. The molecule has 1 aromatic rings. The molecular weight excluding hydrogens is 290 g/mol. The van der Waals surface area contributed by atoms with Crippen molar-refractivity contribution in [3.8, 4) is 0 Å². The van der Waals surface area contributed by atoms with Crippen LogP contribution in [0, 0.1) is 5.92 Å². The molecule has 0 unspecified atom stereocenters. The van der Waals surface area contributed by atoms with E-state index in [-0.39, 0.29) is 21.4 Å². The standard InChI is InChI=1S/C12H16ClNO4S/c1-8(2)7-14-19(16,17)11-6-9(12(15)18-3)4-5-10(11)13/h4-6,8,14H,7H2,1-3H3. The van der Waals surface area contributed by atoms with Gasteiger partial charge in [0.2, 0.25) is 10.0 Å². The number of hydrogen-bond acceptors (Lipinski definition) is 4. The van der Waals surface area contributed by atoms with Gasteiger partial charge in [-0.25, -0.2) is 17.9 Å². The summed E-state index contributed by atoms with van der Waals surface area (Å²) in [5.74, 6) is -0.450. The van der Waals surface area contributed by atoms with Crippen molar-refractivity contribution >= 4 is 27.6 Å². The molecule has 1 aromatic carbocycles. The van der Waals surface area contributed by atoms with Crippen LogP contribution < -0.4 is 4.72 Å². The molecule has 0 bridgehead atoms. The molecule has 7 heteroatoms. The average molecular weight is 306 g/mol. The lowest BCUT2D eigenvalue weighted by molar-refractivity contribution is 0.0600. The molecule has 19 heavy (non-hydrogen) atoms. The van der Waals surface area contributed by atoms with Crippen LogP contribution >= 0.6 is 11.6 Å². The largest absolute Gasteiger partial charge is 0.465 e. The summed E-state index contributed by atoms with van der Waals surface area (Å²) in [7, 11) is -2.52. The zero-order valence-corrected chi connectivity index (χ0v) is 12.5. The Bertz CT molecular complexity index is 569. The lowest BCUT2D eigenvalue weighted by Crippen LogP contribution is -2.28. The first-order chi connectivity index (χ1) is 8.77. The molecule has 0 aliphatic rings. The Kier molecular flexibility index (Phi) is 5.34. The van der Waals surface area contributed by atoms with Gasteiger partial charge >= 0.3 is 5.97 Å². The van der Waals surface area contributed by atoms with Gasteiger partial charge in [-0.1, -0.05) is 25.4 Å². The van der Waals surface area contributed by atoms with Gasteiger partial charge < -0.3 is 4.74 Å². The quantitative estimate of drug-likeness (QED) is 0.845. The Labute approximate surface area is 118 Å². The fraction of sp³-hybridized carbons (Fsp3) is 0.417. The van der Waals surface area contributed by atoms with Gasteiger partial charge in [0.25, 0.3) is 0 Å². The maximum atomic E-state index is 12.1. The molecule has 0 amide bonds. The van der Waals surface area contributed by atoms with Crippen molar-refractivity contribution in [1.82, 2.24) is 4.72 Å². The summed E-state index contributed by atoms with van der Waals surface area (Å²) >= 11 is 5.87. The fourth-order valence-corrected chi connectivity index (χ4v) is 3.05. The van der Waals surface area contributed by atoms with Gasteiger partial charge in [0.1, 0.15) is 4.90 Å². The second-order valence-electron chi connectivity index (χ2n) is 4.38. The molecule has 0 radical (unpaired) electrons. The Morgan fingerprint density at radius 1 is 1.42 bits per heavy atom. The summed E-state index contributed by atoms with van der Waals surface area (Å²) in [6, 6.07) is 3.98. The van der Waals surface area contributed by atoms with E-state index in [2.05, 4.69) is 9.46 Å². The zero-order chi connectivity index (χ0) is 14.6. The number of sulfonamides is 1. The van der Waals surface area contributed by atoms with E-state index >= 15 is 0 Å². The molecule has 0 aromatic heterocycles. The first-order valence-corrected chi connectivity index (χ1v) is 7.51. The van der Waals surface area contributed by atoms with Crippen LogP contribution in [0.15, 0.2) is 23.1 Å². The van der Waals surface area contributed by atoms with Crippen LogP contribution in [0.25, 0.3) is 0 Å². The van der Waals surface area contributed by atoms with E-state index in [1.165, 1.54) is 25.3 Å². The summed E-state index contributed by atoms with van der Waals surface area (Å²) < 4.78 is 31.1. The highest BCUT2D eigenvalue weighted by atomic mass is 35.5. The van der Waals surface area contributed by atoms with E-state index in [0.717, 1.165) is 0 Å². The maximum absolute atomic E-state index is 12.1. The molecular formula is C12H16ClNO4S. The van der Waals surface area contributed by atoms with Gasteiger partial charge in [0, 0.05) is 6.54 Å². The van der Waals surface area contributed by atoms with Gasteiger partial charge in [-0.05, 0) is 24.1 Å². The zero-order valence-electron chi connectivity index (χ0n) is 10.9. The minimum atomic E-state index is -3.74. The Morgan fingerprint density at radius 2 is 2.05 bits per heavy atom. The van der Waals surface area contributed by atoms with Crippen LogP contribution in [0.1, 0.15) is 24.2 Å². The Morgan fingerprint density at radius 3 is 2.58 bits per heavy atom. The number of nitrogens with one attached hydrogen (secondary N) is 1. The molecule has 1 N–H and O–H groups in total. The summed E-state index contributed by atoms with van der Waals surface area (Å²) in [5, 5.41) is 0.0592. The second kappa shape index (κ2) is 6.36. The van der Waals surface area contributed by atoms with Crippen LogP contribution in [0.3, 0.4) is 0 Å². The predicted octanol–water partition coefficient (Wildman–Crippen LogP) is 2.06. The van der Waals surface area contributed by atoms with Gasteiger partial charge in [-0.2, -0.15) is 0 Å².